The van der Waals surface area contributed by atoms with Crippen LogP contribution in [0.4, 0.5) is 10.1 Å². The van der Waals surface area contributed by atoms with Crippen molar-refractivity contribution >= 4 is 28.6 Å². The molecule has 1 nitrogen and oxygen atoms in total. The van der Waals surface area contributed by atoms with Crippen LogP contribution in [0.2, 0.25) is 4.34 Å². The molecule has 2 aromatic rings. The molecule has 0 spiro atoms. The van der Waals surface area contributed by atoms with Crippen LogP contribution < -0.4 is 5.73 Å². The van der Waals surface area contributed by atoms with Crippen LogP contribution in [0, 0.1) is 12.7 Å². The third-order valence-electron chi connectivity index (χ3n) is 2.14. The molecule has 0 amide bonds. The van der Waals surface area contributed by atoms with Crippen LogP contribution >= 0.6 is 22.9 Å². The van der Waals surface area contributed by atoms with E-state index in [-0.39, 0.29) is 5.82 Å². The Bertz CT molecular complexity index is 488. The minimum Gasteiger partial charge on any atom is -0.398 e. The Kier molecular flexibility index (Phi) is 2.67. The van der Waals surface area contributed by atoms with Gasteiger partial charge in [0.05, 0.1) is 4.34 Å². The molecule has 0 bridgehead atoms. The second kappa shape index (κ2) is 3.83. The minimum absolute atomic E-state index is 0.323. The summed E-state index contributed by atoms with van der Waals surface area (Å²) in [5.41, 5.74) is 8.02. The highest BCUT2D eigenvalue weighted by atomic mass is 35.5. The second-order valence-corrected chi connectivity index (χ2v) is 4.95. The van der Waals surface area contributed by atoms with Crippen molar-refractivity contribution in [2.45, 2.75) is 6.92 Å². The first-order valence-corrected chi connectivity index (χ1v) is 5.58. The topological polar surface area (TPSA) is 26.0 Å². The van der Waals surface area contributed by atoms with Gasteiger partial charge in [-0.1, -0.05) is 11.6 Å². The van der Waals surface area contributed by atoms with Crippen LogP contribution in [0.1, 0.15) is 5.56 Å². The third kappa shape index (κ3) is 1.98. The standard InChI is InChI=1S/C11H9ClFNS/c1-6-4-10(15-11(6)12)8-3-2-7(13)5-9(8)14/h2-5H,14H2,1H3. The van der Waals surface area contributed by atoms with Crippen LogP contribution in [0.5, 0.6) is 0 Å². The molecule has 0 saturated carbocycles. The first kappa shape index (κ1) is 10.5. The highest BCUT2D eigenvalue weighted by Gasteiger charge is 2.08. The lowest BCUT2D eigenvalue weighted by Crippen LogP contribution is -1.89. The minimum atomic E-state index is -0.323. The van der Waals surface area contributed by atoms with Gasteiger partial charge in [-0.15, -0.1) is 11.3 Å². The van der Waals surface area contributed by atoms with Crippen LogP contribution in [-0.2, 0) is 0 Å². The number of nitrogens with two attached hydrogens (primary N) is 1. The molecule has 0 aliphatic carbocycles. The molecule has 0 saturated heterocycles. The van der Waals surface area contributed by atoms with Crippen molar-refractivity contribution in [3.8, 4) is 10.4 Å². The Morgan fingerprint density at radius 1 is 1.33 bits per heavy atom. The molecule has 78 valence electrons. The Labute approximate surface area is 96.3 Å². The van der Waals surface area contributed by atoms with E-state index in [1.54, 1.807) is 6.07 Å². The fourth-order valence-electron chi connectivity index (χ4n) is 1.35. The van der Waals surface area contributed by atoms with Crippen molar-refractivity contribution in [1.82, 2.24) is 0 Å². The van der Waals surface area contributed by atoms with Crippen molar-refractivity contribution in [2.75, 3.05) is 5.73 Å². The summed E-state index contributed by atoms with van der Waals surface area (Å²) in [6, 6.07) is 6.34. The van der Waals surface area contributed by atoms with Gasteiger partial charge in [0, 0.05) is 16.1 Å². The summed E-state index contributed by atoms with van der Waals surface area (Å²) >= 11 is 7.42. The number of aryl methyl sites for hydroxylation is 1. The SMILES string of the molecule is Cc1cc(-c2ccc(F)cc2N)sc1Cl. The molecular weight excluding hydrogens is 233 g/mol. The van der Waals surface area contributed by atoms with E-state index in [4.69, 9.17) is 17.3 Å². The maximum atomic E-state index is 12.8. The van der Waals surface area contributed by atoms with Crippen LogP contribution in [0.3, 0.4) is 0 Å². The zero-order chi connectivity index (χ0) is 11.0. The van der Waals surface area contributed by atoms with Gasteiger partial charge in [0.15, 0.2) is 0 Å². The molecule has 4 heteroatoms. The Morgan fingerprint density at radius 3 is 2.60 bits per heavy atom. The van der Waals surface area contributed by atoms with E-state index in [1.807, 2.05) is 13.0 Å². The largest absolute Gasteiger partial charge is 0.398 e. The summed E-state index contributed by atoms with van der Waals surface area (Å²) in [7, 11) is 0. The fraction of sp³-hybridized carbons (Fsp3) is 0.0909. The van der Waals surface area contributed by atoms with Crippen LogP contribution in [0.15, 0.2) is 24.3 Å². The van der Waals surface area contributed by atoms with E-state index < -0.39 is 0 Å². The van der Waals surface area contributed by atoms with E-state index in [9.17, 15) is 4.39 Å². The van der Waals surface area contributed by atoms with Gasteiger partial charge in [-0.05, 0) is 36.8 Å². The van der Waals surface area contributed by atoms with Crippen molar-refractivity contribution in [3.63, 3.8) is 0 Å². The second-order valence-electron chi connectivity index (χ2n) is 3.30. The Morgan fingerprint density at radius 2 is 2.07 bits per heavy atom. The molecule has 1 aromatic heterocycles. The summed E-state index contributed by atoms with van der Waals surface area (Å²) in [6.45, 7) is 1.93. The zero-order valence-electron chi connectivity index (χ0n) is 8.05. The van der Waals surface area contributed by atoms with E-state index in [0.717, 1.165) is 20.3 Å². The predicted molar refractivity (Wildman–Crippen MR) is 63.9 cm³/mol. The van der Waals surface area contributed by atoms with Gasteiger partial charge in [0.1, 0.15) is 5.82 Å². The number of rotatable bonds is 1. The van der Waals surface area contributed by atoms with Crippen LogP contribution in [-0.4, -0.2) is 0 Å². The molecule has 0 atom stereocenters. The van der Waals surface area contributed by atoms with Crippen molar-refractivity contribution in [1.29, 1.82) is 0 Å². The first-order chi connectivity index (χ1) is 7.08. The molecule has 2 rings (SSSR count). The summed E-state index contributed by atoms with van der Waals surface area (Å²) in [6.07, 6.45) is 0. The van der Waals surface area contributed by atoms with Gasteiger partial charge in [0.2, 0.25) is 0 Å². The van der Waals surface area contributed by atoms with Gasteiger partial charge in [0.25, 0.3) is 0 Å². The smallest absolute Gasteiger partial charge is 0.125 e. The molecule has 0 unspecified atom stereocenters. The molecule has 0 fully saturated rings. The summed E-state index contributed by atoms with van der Waals surface area (Å²) in [5, 5.41) is 0. The molecule has 0 aliphatic heterocycles. The lowest BCUT2D eigenvalue weighted by molar-refractivity contribution is 0.628. The normalized spacial score (nSPS) is 10.6. The maximum absolute atomic E-state index is 12.8. The quantitative estimate of drug-likeness (QED) is 0.748. The molecule has 0 radical (unpaired) electrons. The highest BCUT2D eigenvalue weighted by Crippen LogP contribution is 2.37. The van der Waals surface area contributed by atoms with Gasteiger partial charge in [-0.2, -0.15) is 0 Å². The Hall–Kier alpha value is -1.06. The van der Waals surface area contributed by atoms with Crippen molar-refractivity contribution in [3.05, 3.63) is 40.0 Å². The van der Waals surface area contributed by atoms with Gasteiger partial charge < -0.3 is 5.73 Å². The van der Waals surface area contributed by atoms with Gasteiger partial charge >= 0.3 is 0 Å². The van der Waals surface area contributed by atoms with Crippen molar-refractivity contribution in [2.24, 2.45) is 0 Å². The van der Waals surface area contributed by atoms with E-state index in [1.165, 1.54) is 23.5 Å². The molecular formula is C11H9ClFNS. The summed E-state index contributed by atoms with van der Waals surface area (Å²) in [5.74, 6) is -0.323. The number of thiophene rings is 1. The number of anilines is 1. The van der Waals surface area contributed by atoms with E-state index in [0.29, 0.717) is 5.69 Å². The molecule has 1 heterocycles. The number of nitrogen functional groups attached to an aromatic ring is 1. The van der Waals surface area contributed by atoms with Gasteiger partial charge in [-0.3, -0.25) is 0 Å². The lowest BCUT2D eigenvalue weighted by atomic mass is 10.1. The molecule has 2 N–H and O–H groups in total. The third-order valence-corrected chi connectivity index (χ3v) is 3.72. The van der Waals surface area contributed by atoms with Crippen LogP contribution in [0.25, 0.3) is 10.4 Å². The highest BCUT2D eigenvalue weighted by molar-refractivity contribution is 7.19. The number of benzene rings is 1. The number of hydrogen-bond donors (Lipinski definition) is 1. The number of halogens is 2. The number of hydrogen-bond acceptors (Lipinski definition) is 2. The zero-order valence-corrected chi connectivity index (χ0v) is 9.62. The van der Waals surface area contributed by atoms with Gasteiger partial charge in [-0.25, -0.2) is 4.39 Å². The lowest BCUT2D eigenvalue weighted by Gasteiger charge is -2.02. The summed E-state index contributed by atoms with van der Waals surface area (Å²) in [4.78, 5) is 0.968. The van der Waals surface area contributed by atoms with Crippen molar-refractivity contribution < 1.29 is 4.39 Å². The fourth-order valence-corrected chi connectivity index (χ4v) is 2.60. The average Bonchev–Trinajstić information content (AvgIpc) is 2.46. The average molecular weight is 242 g/mol. The summed E-state index contributed by atoms with van der Waals surface area (Å²) < 4.78 is 13.6. The monoisotopic (exact) mass is 241 g/mol. The molecule has 1 aromatic carbocycles. The maximum Gasteiger partial charge on any atom is 0.125 e. The molecule has 0 aliphatic rings. The predicted octanol–water partition coefficient (Wildman–Crippen LogP) is 4.10. The molecule has 15 heavy (non-hydrogen) atoms. The van der Waals surface area contributed by atoms with E-state index >= 15 is 0 Å². The van der Waals surface area contributed by atoms with E-state index in [2.05, 4.69) is 0 Å². The first-order valence-electron chi connectivity index (χ1n) is 4.39. The Balaban J connectivity index is 2.54.